The minimum atomic E-state index is 0.481. The summed E-state index contributed by atoms with van der Waals surface area (Å²) < 4.78 is 0. The van der Waals surface area contributed by atoms with E-state index in [9.17, 15) is 0 Å². The molecule has 1 aliphatic rings. The average molecular weight is 184 g/mol. The Kier molecular flexibility index (Phi) is 2.51. The molecule has 1 N–H and O–H groups in total. The quantitative estimate of drug-likeness (QED) is 0.766. The summed E-state index contributed by atoms with van der Waals surface area (Å²) in [6, 6.07) is 8.45. The van der Waals surface area contributed by atoms with Crippen LogP contribution in [0, 0.1) is 11.3 Å². The summed E-state index contributed by atoms with van der Waals surface area (Å²) in [5, 5.41) is 11.7. The minimum Gasteiger partial charge on any atom is -0.384 e. The molecule has 14 heavy (non-hydrogen) atoms. The van der Waals surface area contributed by atoms with Crippen LogP contribution in [-0.2, 0) is 6.42 Å². The molecule has 0 radical (unpaired) electrons. The maximum Gasteiger partial charge on any atom is 0.0663 e. The number of hydrogen-bond acceptors (Lipinski definition) is 2. The Balaban J connectivity index is 2.17. The lowest BCUT2D eigenvalue weighted by Gasteiger charge is -1.99. The van der Waals surface area contributed by atoms with E-state index in [1.54, 1.807) is 0 Å². The maximum atomic E-state index is 8.39. The van der Waals surface area contributed by atoms with Gasteiger partial charge in [0, 0.05) is 12.2 Å². The van der Waals surface area contributed by atoms with E-state index in [1.165, 1.54) is 16.8 Å². The zero-order chi connectivity index (χ0) is 9.80. The second-order valence-corrected chi connectivity index (χ2v) is 3.36. The highest BCUT2D eigenvalue weighted by molar-refractivity contribution is 5.62. The molecule has 0 bridgehead atoms. The van der Waals surface area contributed by atoms with Crippen molar-refractivity contribution in [1.29, 1.82) is 5.26 Å². The number of allylic oxidation sites excluding steroid dienone is 1. The Morgan fingerprint density at radius 2 is 2.43 bits per heavy atom. The van der Waals surface area contributed by atoms with E-state index in [-0.39, 0.29) is 0 Å². The zero-order valence-electron chi connectivity index (χ0n) is 7.96. The molecule has 70 valence electrons. The van der Waals surface area contributed by atoms with Gasteiger partial charge < -0.3 is 5.32 Å². The van der Waals surface area contributed by atoms with Crippen molar-refractivity contribution in [2.75, 3.05) is 11.9 Å². The number of nitrogens with one attached hydrogen (secondary N) is 1. The molecular formula is C12H12N2. The van der Waals surface area contributed by atoms with Gasteiger partial charge in [-0.15, -0.1) is 0 Å². The summed E-state index contributed by atoms with van der Waals surface area (Å²) in [5.41, 5.74) is 3.81. The average Bonchev–Trinajstić information content (AvgIpc) is 2.65. The first kappa shape index (κ1) is 8.83. The summed E-state index contributed by atoms with van der Waals surface area (Å²) >= 11 is 0. The van der Waals surface area contributed by atoms with Gasteiger partial charge in [0.25, 0.3) is 0 Å². The molecule has 1 aliphatic heterocycles. The number of nitriles is 1. The van der Waals surface area contributed by atoms with Gasteiger partial charge in [-0.3, -0.25) is 0 Å². The predicted octanol–water partition coefficient (Wildman–Crippen LogP) is 2.58. The lowest BCUT2D eigenvalue weighted by atomic mass is 10.1. The monoisotopic (exact) mass is 184 g/mol. The lowest BCUT2D eigenvalue weighted by Crippen LogP contribution is -1.90. The van der Waals surface area contributed by atoms with Crippen molar-refractivity contribution < 1.29 is 0 Å². The summed E-state index contributed by atoms with van der Waals surface area (Å²) in [5.74, 6) is 0. The molecule has 0 aromatic heterocycles. The molecule has 0 spiro atoms. The maximum absolute atomic E-state index is 8.39. The van der Waals surface area contributed by atoms with E-state index in [4.69, 9.17) is 5.26 Å². The molecule has 1 heterocycles. The third-order valence-electron chi connectivity index (χ3n) is 2.36. The lowest BCUT2D eigenvalue weighted by molar-refractivity contribution is 1.11. The van der Waals surface area contributed by atoms with E-state index in [2.05, 4.69) is 29.6 Å². The predicted molar refractivity (Wildman–Crippen MR) is 57.9 cm³/mol. The molecular weight excluding hydrogens is 172 g/mol. The molecule has 0 saturated carbocycles. The van der Waals surface area contributed by atoms with E-state index >= 15 is 0 Å². The Labute approximate surface area is 83.9 Å². The first-order valence-corrected chi connectivity index (χ1v) is 4.80. The van der Waals surface area contributed by atoms with Gasteiger partial charge in [0.2, 0.25) is 0 Å². The summed E-state index contributed by atoms with van der Waals surface area (Å²) in [6.45, 7) is 1.04. The molecule has 0 amide bonds. The topological polar surface area (TPSA) is 35.8 Å². The summed E-state index contributed by atoms with van der Waals surface area (Å²) in [7, 11) is 0. The molecule has 2 heteroatoms. The van der Waals surface area contributed by atoms with E-state index in [0.717, 1.165) is 13.0 Å². The van der Waals surface area contributed by atoms with Crippen molar-refractivity contribution in [3.8, 4) is 6.07 Å². The van der Waals surface area contributed by atoms with Crippen LogP contribution >= 0.6 is 0 Å². The van der Waals surface area contributed by atoms with E-state index in [0.29, 0.717) is 6.42 Å². The van der Waals surface area contributed by atoms with Crippen LogP contribution in [0.4, 0.5) is 5.69 Å². The number of hydrogen-bond donors (Lipinski definition) is 1. The van der Waals surface area contributed by atoms with Crippen molar-refractivity contribution in [3.05, 3.63) is 35.4 Å². The van der Waals surface area contributed by atoms with Gasteiger partial charge in [0.15, 0.2) is 0 Å². The van der Waals surface area contributed by atoms with Gasteiger partial charge in [-0.05, 0) is 29.7 Å². The number of nitrogens with zero attached hydrogens (tertiary/aromatic N) is 1. The fourth-order valence-electron chi connectivity index (χ4n) is 1.68. The largest absolute Gasteiger partial charge is 0.384 e. The Bertz CT molecular complexity index is 399. The normalized spacial score (nSPS) is 13.6. The standard InChI is InChI=1S/C12H12N2/c13-7-2-1-3-10-4-5-12-11(9-10)6-8-14-12/h1,3-5,9,14H,2,6,8H2. The van der Waals surface area contributed by atoms with Gasteiger partial charge in [0.1, 0.15) is 0 Å². The van der Waals surface area contributed by atoms with Crippen molar-refractivity contribution in [1.82, 2.24) is 0 Å². The highest BCUT2D eigenvalue weighted by Crippen LogP contribution is 2.23. The van der Waals surface area contributed by atoms with Gasteiger partial charge in [-0.2, -0.15) is 5.26 Å². The highest BCUT2D eigenvalue weighted by atomic mass is 14.9. The molecule has 0 fully saturated rings. The van der Waals surface area contributed by atoms with Crippen molar-refractivity contribution >= 4 is 11.8 Å². The van der Waals surface area contributed by atoms with E-state index < -0.39 is 0 Å². The Morgan fingerprint density at radius 1 is 1.50 bits per heavy atom. The minimum absolute atomic E-state index is 0.481. The van der Waals surface area contributed by atoms with E-state index in [1.807, 2.05) is 12.2 Å². The van der Waals surface area contributed by atoms with Crippen LogP contribution in [0.15, 0.2) is 24.3 Å². The molecule has 2 nitrogen and oxygen atoms in total. The Hall–Kier alpha value is -1.75. The van der Waals surface area contributed by atoms with Crippen molar-refractivity contribution in [2.45, 2.75) is 12.8 Å². The molecule has 0 atom stereocenters. The van der Waals surface area contributed by atoms with Crippen LogP contribution in [0.5, 0.6) is 0 Å². The number of anilines is 1. The molecule has 0 aliphatic carbocycles. The molecule has 1 aromatic rings. The second-order valence-electron chi connectivity index (χ2n) is 3.36. The molecule has 2 rings (SSSR count). The number of rotatable bonds is 2. The van der Waals surface area contributed by atoms with Gasteiger partial charge in [-0.25, -0.2) is 0 Å². The van der Waals surface area contributed by atoms with Crippen molar-refractivity contribution in [3.63, 3.8) is 0 Å². The van der Waals surface area contributed by atoms with Crippen LogP contribution in [0.1, 0.15) is 17.5 Å². The molecule has 0 unspecified atom stereocenters. The SMILES string of the molecule is N#CCC=Cc1ccc2c(c1)CCN2. The fourth-order valence-corrected chi connectivity index (χ4v) is 1.68. The fraction of sp³-hybridized carbons (Fsp3) is 0.250. The second kappa shape index (κ2) is 3.97. The summed E-state index contributed by atoms with van der Waals surface area (Å²) in [6.07, 6.45) is 5.48. The van der Waals surface area contributed by atoms with Gasteiger partial charge in [-0.1, -0.05) is 18.2 Å². The third-order valence-corrected chi connectivity index (χ3v) is 2.36. The van der Waals surface area contributed by atoms with Crippen LogP contribution in [-0.4, -0.2) is 6.54 Å². The molecule has 1 aromatic carbocycles. The third kappa shape index (κ3) is 1.77. The van der Waals surface area contributed by atoms with Crippen LogP contribution in [0.2, 0.25) is 0 Å². The van der Waals surface area contributed by atoms with Crippen LogP contribution < -0.4 is 5.32 Å². The summed E-state index contributed by atoms with van der Waals surface area (Å²) in [4.78, 5) is 0. The zero-order valence-corrected chi connectivity index (χ0v) is 7.96. The number of fused-ring (bicyclic) bond motifs is 1. The van der Waals surface area contributed by atoms with Crippen LogP contribution in [0.3, 0.4) is 0 Å². The first-order valence-electron chi connectivity index (χ1n) is 4.80. The van der Waals surface area contributed by atoms with Crippen molar-refractivity contribution in [2.24, 2.45) is 0 Å². The number of benzene rings is 1. The first-order chi connectivity index (χ1) is 6.90. The van der Waals surface area contributed by atoms with Gasteiger partial charge >= 0.3 is 0 Å². The Morgan fingerprint density at radius 3 is 3.29 bits per heavy atom. The highest BCUT2D eigenvalue weighted by Gasteiger charge is 2.08. The van der Waals surface area contributed by atoms with Gasteiger partial charge in [0.05, 0.1) is 12.5 Å². The smallest absolute Gasteiger partial charge is 0.0663 e. The van der Waals surface area contributed by atoms with Crippen LogP contribution in [0.25, 0.3) is 6.08 Å². The molecule has 0 saturated heterocycles.